The molecule has 9 N–H and O–H groups in total. The average Bonchev–Trinajstić information content (AvgIpc) is 4.26. The van der Waals surface area contributed by atoms with E-state index in [1.807, 2.05) is 13.8 Å². The fraction of sp³-hybridized carbons (Fsp3) is 0.312. The van der Waals surface area contributed by atoms with Crippen LogP contribution in [0.25, 0.3) is 49.1 Å². The van der Waals surface area contributed by atoms with Gasteiger partial charge < -0.3 is 47.2 Å². The summed E-state index contributed by atoms with van der Waals surface area (Å²) in [5.74, 6) is -4.00. The van der Waals surface area contributed by atoms with Crippen molar-refractivity contribution >= 4 is 109 Å². The molecule has 6 amide bonds. The van der Waals surface area contributed by atoms with Gasteiger partial charge in [-0.2, -0.15) is 0 Å². The number of aliphatic hydroxyl groups is 3. The number of aromatic nitrogens is 7. The Morgan fingerprint density at radius 3 is 1.78 bits per heavy atom. The Hall–Kier alpha value is -6.89. The molecule has 1 aliphatic heterocycles. The van der Waals surface area contributed by atoms with Gasteiger partial charge in [0.1, 0.15) is 87.7 Å². The lowest BCUT2D eigenvalue weighted by molar-refractivity contribution is -0.124. The number of allylic oxidation sites excluding steroid dienone is 2. The second kappa shape index (κ2) is 24.0. The molecule has 22 nitrogen and oxygen atoms in total. The summed E-state index contributed by atoms with van der Waals surface area (Å²) < 4.78 is 0. The second-order valence-corrected chi connectivity index (χ2v) is 22.6. The zero-order chi connectivity index (χ0) is 54.5. The topological polar surface area (TPSA) is 326 Å². The van der Waals surface area contributed by atoms with Crippen molar-refractivity contribution in [2.75, 3.05) is 6.54 Å². The lowest BCUT2D eigenvalue weighted by Gasteiger charge is -2.21. The van der Waals surface area contributed by atoms with Crippen molar-refractivity contribution < 1.29 is 44.1 Å². The van der Waals surface area contributed by atoms with E-state index in [9.17, 15) is 44.1 Å². The van der Waals surface area contributed by atoms with Crippen LogP contribution in [0.5, 0.6) is 0 Å². The van der Waals surface area contributed by atoms with Gasteiger partial charge in [0.15, 0.2) is 0 Å². The van der Waals surface area contributed by atoms with E-state index in [-0.39, 0.29) is 51.6 Å². The number of hydrogen-bond donors (Lipinski definition) is 9. The number of aliphatic hydroxyl groups excluding tert-OH is 3. The molecule has 0 radical (unpaired) electrons. The first kappa shape index (κ1) is 55.3. The molecule has 6 atom stereocenters. The highest BCUT2D eigenvalue weighted by Gasteiger charge is 2.32. The number of carbonyl (C=O) groups excluding carboxylic acids is 6. The Morgan fingerprint density at radius 2 is 1.13 bits per heavy atom. The average molecular weight is 1140 g/mol. The summed E-state index contributed by atoms with van der Waals surface area (Å²) in [7, 11) is 0. The van der Waals surface area contributed by atoms with Crippen molar-refractivity contribution in [1.82, 2.24) is 66.8 Å². The molecule has 8 rings (SSSR count). The van der Waals surface area contributed by atoms with Gasteiger partial charge in [-0.05, 0) is 52.7 Å². The fourth-order valence-corrected chi connectivity index (χ4v) is 12.4. The molecule has 0 saturated carbocycles. The molecule has 0 aliphatic carbocycles. The zero-order valence-electron chi connectivity index (χ0n) is 41.4. The summed E-state index contributed by atoms with van der Waals surface area (Å²) in [6, 6.07) is 0.366. The quantitative estimate of drug-likeness (QED) is 0.0756. The van der Waals surface area contributed by atoms with E-state index in [4.69, 9.17) is 15.0 Å². The maximum atomic E-state index is 13.9. The van der Waals surface area contributed by atoms with Crippen LogP contribution in [0.4, 0.5) is 0 Å². The Kier molecular flexibility index (Phi) is 17.5. The van der Waals surface area contributed by atoms with Crippen molar-refractivity contribution in [3.05, 3.63) is 100 Å². The lowest BCUT2D eigenvalue weighted by Crippen LogP contribution is -2.52. The number of amides is 6. The van der Waals surface area contributed by atoms with Crippen LogP contribution in [0.15, 0.2) is 62.3 Å². The van der Waals surface area contributed by atoms with Gasteiger partial charge in [0.05, 0.1) is 35.7 Å². The Bertz CT molecular complexity index is 3380. The number of nitrogens with one attached hydrogen (secondary N) is 6. The molecule has 28 heteroatoms. The van der Waals surface area contributed by atoms with Crippen LogP contribution in [-0.2, 0) is 9.59 Å². The highest BCUT2D eigenvalue weighted by atomic mass is 32.1. The van der Waals surface area contributed by atoms with Crippen LogP contribution >= 0.6 is 68.0 Å². The number of hydrogen-bond acceptors (Lipinski definition) is 22. The first-order valence-electron chi connectivity index (χ1n) is 23.3. The van der Waals surface area contributed by atoms with Crippen molar-refractivity contribution in [1.29, 1.82) is 0 Å². The maximum absolute atomic E-state index is 13.9. The summed E-state index contributed by atoms with van der Waals surface area (Å²) in [6.45, 7) is 11.4. The molecule has 0 unspecified atom stereocenters. The van der Waals surface area contributed by atoms with Gasteiger partial charge >= 0.3 is 0 Å². The monoisotopic (exact) mass is 1140 g/mol. The van der Waals surface area contributed by atoms with E-state index in [0.717, 1.165) is 34.0 Å². The summed E-state index contributed by atoms with van der Waals surface area (Å²) >= 11 is 6.97. The van der Waals surface area contributed by atoms with Crippen LogP contribution in [-0.4, -0.2) is 117 Å². The molecule has 7 aromatic heterocycles. The molecule has 1 aliphatic rings. The van der Waals surface area contributed by atoms with Gasteiger partial charge in [-0.1, -0.05) is 26.0 Å². The predicted octanol–water partition coefficient (Wildman–Crippen LogP) is 5.57. The number of rotatable bonds is 10. The Balaban J connectivity index is 1.15. The van der Waals surface area contributed by atoms with Gasteiger partial charge in [-0.15, -0.1) is 68.0 Å². The van der Waals surface area contributed by atoms with Gasteiger partial charge in [0.2, 0.25) is 5.91 Å². The summed E-state index contributed by atoms with van der Waals surface area (Å²) in [6.07, 6.45) is -0.261. The molecule has 0 fully saturated rings. The first-order valence-corrected chi connectivity index (χ1v) is 28.6. The number of nitrogens with zero attached hydrogens (tertiary/aromatic N) is 7. The lowest BCUT2D eigenvalue weighted by atomic mass is 10.1. The van der Waals surface area contributed by atoms with Crippen LogP contribution in [0.1, 0.15) is 118 Å². The predicted molar refractivity (Wildman–Crippen MR) is 290 cm³/mol. The molecular formula is C48H49N13O9S6. The molecule has 0 spiro atoms. The first-order chi connectivity index (χ1) is 36.3. The Morgan fingerprint density at radius 1 is 0.605 bits per heavy atom. The standard InChI is InChI=1S/C48H49N13O9S6/c1-8-24(37(65)49-12-20(5)62)51-38(66)28-15-73-46(56-28)32-18-74-45(58-32)26-11-10-23-36(50-26)27-13-75-48(53-27)35(22(7)64)61-41(69)31-17-76-47(57-31)33(19(3)4)59-39(67)30-16-72-44(55-30)25(9-2)52-42(70)34(21(6)63)60-40(68)29-14-71-43(23)54-29/h8-11,13-22,33-35,62-64H,12H2,1-7H3,(H,49,65)(H,51,66)(H,52,70)(H,59,67)(H,60,68)(H,61,69)/b24-8+,25-9-/t20-,21+,22+,33-,34-,35-/m0/s1. The van der Waals surface area contributed by atoms with Crippen molar-refractivity contribution in [2.45, 2.75) is 84.9 Å². The van der Waals surface area contributed by atoms with Crippen LogP contribution in [0.3, 0.4) is 0 Å². The van der Waals surface area contributed by atoms with E-state index >= 15 is 0 Å². The summed E-state index contributed by atoms with van der Waals surface area (Å²) in [4.78, 5) is 114. The van der Waals surface area contributed by atoms with Crippen LogP contribution < -0.4 is 31.9 Å². The molecule has 8 heterocycles. The maximum Gasteiger partial charge on any atom is 0.275 e. The number of thiazole rings is 6. The summed E-state index contributed by atoms with van der Waals surface area (Å²) in [5.41, 5.74) is 2.26. The normalized spacial score (nSPS) is 18.5. The molecule has 0 aromatic carbocycles. The van der Waals surface area contributed by atoms with Crippen molar-refractivity contribution in [3.63, 3.8) is 0 Å². The molecule has 76 heavy (non-hydrogen) atoms. The summed E-state index contributed by atoms with van der Waals surface area (Å²) in [5, 5.41) is 59.6. The van der Waals surface area contributed by atoms with E-state index in [1.165, 1.54) is 77.0 Å². The van der Waals surface area contributed by atoms with E-state index < -0.39 is 71.9 Å². The number of carbonyl (C=O) groups is 6. The molecule has 396 valence electrons. The fourth-order valence-electron chi connectivity index (χ4n) is 7.20. The van der Waals surface area contributed by atoms with Gasteiger partial charge in [-0.25, -0.2) is 34.9 Å². The molecule has 7 aromatic rings. The highest BCUT2D eigenvalue weighted by molar-refractivity contribution is 7.15. The van der Waals surface area contributed by atoms with Crippen molar-refractivity contribution in [2.24, 2.45) is 5.92 Å². The minimum absolute atomic E-state index is 0.00119. The van der Waals surface area contributed by atoms with Crippen LogP contribution in [0, 0.1) is 5.92 Å². The Labute approximate surface area is 458 Å². The third-order valence-corrected chi connectivity index (χ3v) is 16.6. The van der Waals surface area contributed by atoms with E-state index in [2.05, 4.69) is 51.8 Å². The minimum atomic E-state index is -1.45. The van der Waals surface area contributed by atoms with Crippen LogP contribution in [0.2, 0.25) is 0 Å². The highest BCUT2D eigenvalue weighted by Crippen LogP contribution is 2.38. The van der Waals surface area contributed by atoms with Gasteiger partial charge in [-0.3, -0.25) is 28.8 Å². The molecule has 8 bridgehead atoms. The molecular weight excluding hydrogens is 1100 g/mol. The third kappa shape index (κ3) is 12.5. The zero-order valence-corrected chi connectivity index (χ0v) is 46.3. The second-order valence-electron chi connectivity index (χ2n) is 17.4. The largest absolute Gasteiger partial charge is 0.392 e. The third-order valence-electron chi connectivity index (χ3n) is 11.2. The van der Waals surface area contributed by atoms with E-state index in [0.29, 0.717) is 53.4 Å². The smallest absolute Gasteiger partial charge is 0.275 e. The van der Waals surface area contributed by atoms with Gasteiger partial charge in [0, 0.05) is 44.4 Å². The minimum Gasteiger partial charge on any atom is -0.392 e. The number of pyridine rings is 1. The number of fused-ring (bicyclic) bond motifs is 11. The van der Waals surface area contributed by atoms with Crippen molar-refractivity contribution in [3.8, 4) is 43.4 Å². The SMILES string of the molecule is C/C=C1\NC(=O)[C@H]([C@@H](C)O)NC(=O)c2csc(n2)-c2ccc(-c3nc(-c4nc(C(=O)N/C(=C/C)C(=O)NC[C@H](C)O)cs4)cs3)nc2-c2csc(n2)[C@H]([C@@H](C)O)NC(=O)c2csc(n2)[C@H](C(C)C)NC(=O)c2csc1n2. The van der Waals surface area contributed by atoms with E-state index in [1.54, 1.807) is 48.2 Å². The van der Waals surface area contributed by atoms with Gasteiger partial charge in [0.25, 0.3) is 29.5 Å². The molecule has 0 saturated heterocycles.